The molecule has 0 saturated heterocycles. The molecule has 0 radical (unpaired) electrons. The van der Waals surface area contributed by atoms with Crippen LogP contribution in [0.4, 0.5) is 0 Å². The molecule has 1 rings (SSSR count). The van der Waals surface area contributed by atoms with E-state index in [4.69, 9.17) is 4.74 Å². The summed E-state index contributed by atoms with van der Waals surface area (Å²) in [5.74, 6) is -0.500. The van der Waals surface area contributed by atoms with E-state index in [2.05, 4.69) is 14.7 Å². The number of ether oxygens (including phenoxy) is 2. The van der Waals surface area contributed by atoms with Crippen molar-refractivity contribution in [1.29, 1.82) is 0 Å². The highest BCUT2D eigenvalue weighted by Gasteiger charge is 2.08. The molecule has 0 fully saturated rings. The van der Waals surface area contributed by atoms with E-state index >= 15 is 0 Å². The summed E-state index contributed by atoms with van der Waals surface area (Å²) in [6.07, 6.45) is 1.46. The van der Waals surface area contributed by atoms with Gasteiger partial charge in [0.15, 0.2) is 5.69 Å². The van der Waals surface area contributed by atoms with Crippen LogP contribution in [0.25, 0.3) is 0 Å². The van der Waals surface area contributed by atoms with E-state index in [1.54, 1.807) is 0 Å². The second-order valence-corrected chi connectivity index (χ2v) is 3.37. The Hall–Kier alpha value is -1.69. The van der Waals surface area contributed by atoms with Crippen LogP contribution in [0.2, 0.25) is 0 Å². The molecule has 0 atom stereocenters. The van der Waals surface area contributed by atoms with Gasteiger partial charge in [-0.3, -0.25) is 0 Å². The van der Waals surface area contributed by atoms with Gasteiger partial charge < -0.3 is 14.4 Å². The lowest BCUT2D eigenvalue weighted by Gasteiger charge is -2.09. The van der Waals surface area contributed by atoms with Crippen LogP contribution >= 0.6 is 0 Å². The van der Waals surface area contributed by atoms with Gasteiger partial charge in [-0.05, 0) is 20.2 Å². The van der Waals surface area contributed by atoms with Crippen molar-refractivity contribution in [2.45, 2.75) is 0 Å². The first kappa shape index (κ1) is 12.4. The van der Waals surface area contributed by atoms with Gasteiger partial charge in [-0.1, -0.05) is 0 Å². The van der Waals surface area contributed by atoms with Crippen molar-refractivity contribution in [3.63, 3.8) is 0 Å². The van der Waals surface area contributed by atoms with Gasteiger partial charge in [0, 0.05) is 12.7 Å². The summed E-state index contributed by atoms with van der Waals surface area (Å²) in [7, 11) is 5.18. The van der Waals surface area contributed by atoms with Crippen LogP contribution in [0.15, 0.2) is 12.3 Å². The molecule has 1 aromatic rings. The number of hydrogen-bond donors (Lipinski definition) is 0. The molecule has 0 N–H and O–H groups in total. The third-order valence-electron chi connectivity index (χ3n) is 1.80. The van der Waals surface area contributed by atoms with E-state index in [1.165, 1.54) is 19.4 Å². The summed E-state index contributed by atoms with van der Waals surface area (Å²) in [5.41, 5.74) is 0.192. The molecular weight excluding hydrogens is 210 g/mol. The van der Waals surface area contributed by atoms with Crippen LogP contribution in [0.1, 0.15) is 10.5 Å². The van der Waals surface area contributed by atoms with Crippen LogP contribution < -0.4 is 4.74 Å². The number of methoxy groups -OCH3 is 1. The maximum Gasteiger partial charge on any atom is 0.356 e. The second-order valence-electron chi connectivity index (χ2n) is 3.37. The summed E-state index contributed by atoms with van der Waals surface area (Å²) < 4.78 is 9.82. The molecule has 0 aliphatic heterocycles. The highest BCUT2D eigenvalue weighted by Crippen LogP contribution is 2.03. The first-order valence-electron chi connectivity index (χ1n) is 4.82. The molecule has 6 nitrogen and oxygen atoms in total. The second kappa shape index (κ2) is 6.02. The Morgan fingerprint density at radius 1 is 1.50 bits per heavy atom. The Kier molecular flexibility index (Phi) is 4.65. The molecular formula is C10H15N3O3. The van der Waals surface area contributed by atoms with E-state index in [9.17, 15) is 4.79 Å². The van der Waals surface area contributed by atoms with Crippen LogP contribution in [-0.2, 0) is 4.74 Å². The Morgan fingerprint density at radius 2 is 2.25 bits per heavy atom. The average Bonchev–Trinajstić information content (AvgIpc) is 2.28. The summed E-state index contributed by atoms with van der Waals surface area (Å²) in [6, 6.07) is 1.66. The molecule has 0 unspecified atom stereocenters. The topological polar surface area (TPSA) is 64.6 Å². The molecule has 16 heavy (non-hydrogen) atoms. The number of carbonyl (C=O) groups excluding carboxylic acids is 1. The third kappa shape index (κ3) is 3.82. The van der Waals surface area contributed by atoms with Gasteiger partial charge in [0.25, 0.3) is 0 Å². The van der Waals surface area contributed by atoms with Gasteiger partial charge in [-0.2, -0.15) is 4.98 Å². The SMILES string of the molecule is COC(=O)c1ccnc(OCCN(C)C)n1. The molecule has 0 spiro atoms. The molecule has 6 heteroatoms. The van der Waals surface area contributed by atoms with Crippen molar-refractivity contribution < 1.29 is 14.3 Å². The number of esters is 1. The zero-order valence-corrected chi connectivity index (χ0v) is 9.64. The molecule has 88 valence electrons. The monoisotopic (exact) mass is 225 g/mol. The van der Waals surface area contributed by atoms with E-state index in [-0.39, 0.29) is 11.7 Å². The van der Waals surface area contributed by atoms with Gasteiger partial charge in [0.2, 0.25) is 0 Å². The number of hydrogen-bond acceptors (Lipinski definition) is 6. The minimum Gasteiger partial charge on any atom is -0.464 e. The molecule has 1 heterocycles. The van der Waals surface area contributed by atoms with Crippen LogP contribution in [0, 0.1) is 0 Å². The van der Waals surface area contributed by atoms with Gasteiger partial charge in [0.1, 0.15) is 6.61 Å². The zero-order chi connectivity index (χ0) is 12.0. The Balaban J connectivity index is 2.57. The summed E-state index contributed by atoms with van der Waals surface area (Å²) in [4.78, 5) is 21.0. The fourth-order valence-corrected chi connectivity index (χ4v) is 0.948. The fourth-order valence-electron chi connectivity index (χ4n) is 0.948. The maximum atomic E-state index is 11.2. The zero-order valence-electron chi connectivity index (χ0n) is 9.64. The number of nitrogens with zero attached hydrogens (tertiary/aromatic N) is 3. The normalized spacial score (nSPS) is 10.2. The van der Waals surface area contributed by atoms with E-state index in [0.717, 1.165) is 6.54 Å². The molecule has 0 aromatic carbocycles. The predicted octanol–water partition coefficient (Wildman–Crippen LogP) is 0.204. The van der Waals surface area contributed by atoms with E-state index < -0.39 is 5.97 Å². The van der Waals surface area contributed by atoms with Gasteiger partial charge in [0.05, 0.1) is 7.11 Å². The first-order valence-corrected chi connectivity index (χ1v) is 4.82. The maximum absolute atomic E-state index is 11.2. The van der Waals surface area contributed by atoms with Gasteiger partial charge >= 0.3 is 12.0 Å². The van der Waals surface area contributed by atoms with Crippen molar-refractivity contribution >= 4 is 5.97 Å². The van der Waals surface area contributed by atoms with E-state index in [0.29, 0.717) is 6.61 Å². The standard InChI is InChI=1S/C10H15N3O3/c1-13(2)6-7-16-10-11-5-4-8(12-10)9(14)15-3/h4-5H,6-7H2,1-3H3. The van der Waals surface area contributed by atoms with Crippen molar-refractivity contribution in [1.82, 2.24) is 14.9 Å². The summed E-state index contributed by atoms with van der Waals surface area (Å²) >= 11 is 0. The Morgan fingerprint density at radius 3 is 2.88 bits per heavy atom. The molecule has 0 bridgehead atoms. The number of carbonyl (C=O) groups is 1. The largest absolute Gasteiger partial charge is 0.464 e. The van der Waals surface area contributed by atoms with Gasteiger partial charge in [-0.15, -0.1) is 0 Å². The van der Waals surface area contributed by atoms with Crippen molar-refractivity contribution in [3.05, 3.63) is 18.0 Å². The number of likely N-dealkylation sites (N-methyl/N-ethyl adjacent to an activating group) is 1. The number of aromatic nitrogens is 2. The smallest absolute Gasteiger partial charge is 0.356 e. The highest BCUT2D eigenvalue weighted by atomic mass is 16.5. The van der Waals surface area contributed by atoms with E-state index in [1.807, 2.05) is 19.0 Å². The van der Waals surface area contributed by atoms with Crippen molar-refractivity contribution in [3.8, 4) is 6.01 Å². The average molecular weight is 225 g/mol. The molecule has 0 saturated carbocycles. The van der Waals surface area contributed by atoms with Crippen molar-refractivity contribution in [2.24, 2.45) is 0 Å². The first-order chi connectivity index (χ1) is 7.63. The highest BCUT2D eigenvalue weighted by molar-refractivity contribution is 5.86. The predicted molar refractivity (Wildman–Crippen MR) is 57.4 cm³/mol. The molecule has 0 amide bonds. The van der Waals surface area contributed by atoms with Crippen molar-refractivity contribution in [2.75, 3.05) is 34.4 Å². The lowest BCUT2D eigenvalue weighted by Crippen LogP contribution is -2.20. The summed E-state index contributed by atoms with van der Waals surface area (Å²) in [5, 5.41) is 0. The van der Waals surface area contributed by atoms with Crippen LogP contribution in [-0.4, -0.2) is 55.2 Å². The quantitative estimate of drug-likeness (QED) is 0.667. The Bertz CT molecular complexity index is 355. The minimum atomic E-state index is -0.500. The van der Waals surface area contributed by atoms with Gasteiger partial charge in [-0.25, -0.2) is 9.78 Å². The number of rotatable bonds is 5. The third-order valence-corrected chi connectivity index (χ3v) is 1.80. The molecule has 1 aromatic heterocycles. The Labute approximate surface area is 94.2 Å². The fraction of sp³-hybridized carbons (Fsp3) is 0.500. The van der Waals surface area contributed by atoms with Crippen LogP contribution in [0.3, 0.4) is 0 Å². The lowest BCUT2D eigenvalue weighted by molar-refractivity contribution is 0.0592. The van der Waals surface area contributed by atoms with Crippen LogP contribution in [0.5, 0.6) is 6.01 Å². The lowest BCUT2D eigenvalue weighted by atomic mass is 10.4. The summed E-state index contributed by atoms with van der Waals surface area (Å²) in [6.45, 7) is 1.23. The minimum absolute atomic E-state index is 0.185. The molecule has 0 aliphatic carbocycles. The molecule has 0 aliphatic rings.